The van der Waals surface area contributed by atoms with Gasteiger partial charge in [-0.15, -0.1) is 5.10 Å². The quantitative estimate of drug-likeness (QED) is 0.322. The smallest absolute Gasteiger partial charge is 0.240 e. The van der Waals surface area contributed by atoms with Gasteiger partial charge < -0.3 is 15.2 Å². The van der Waals surface area contributed by atoms with Crippen LogP contribution in [0.5, 0.6) is 11.6 Å². The third kappa shape index (κ3) is 4.93. The summed E-state index contributed by atoms with van der Waals surface area (Å²) in [6.07, 6.45) is 4.79. The summed E-state index contributed by atoms with van der Waals surface area (Å²) in [4.78, 5) is 4.11. The van der Waals surface area contributed by atoms with E-state index in [1.54, 1.807) is 34.8 Å². The van der Waals surface area contributed by atoms with Crippen LogP contribution in [-0.4, -0.2) is 31.7 Å². The molecule has 0 spiro atoms. The molecule has 0 aliphatic rings. The summed E-state index contributed by atoms with van der Waals surface area (Å²) < 4.78 is 30.2. The third-order valence-electron chi connectivity index (χ3n) is 5.58. The number of ether oxygens (including phenoxy) is 2. The van der Waals surface area contributed by atoms with Crippen molar-refractivity contribution in [1.29, 1.82) is 0 Å². The number of halogens is 2. The first-order chi connectivity index (χ1) is 16.7. The van der Waals surface area contributed by atoms with Gasteiger partial charge in [0.2, 0.25) is 5.88 Å². The number of nitrogens with zero attached hydrogens (tertiary/aromatic N) is 5. The number of benzene rings is 1. The highest BCUT2D eigenvalue weighted by atomic mass is 79.9. The number of rotatable bonds is 8. The van der Waals surface area contributed by atoms with Crippen LogP contribution in [0.4, 0.5) is 10.2 Å². The van der Waals surface area contributed by atoms with Crippen LogP contribution in [0.25, 0.3) is 16.8 Å². The summed E-state index contributed by atoms with van der Waals surface area (Å²) in [5.41, 5.74) is 10.1. The monoisotopic (exact) mass is 540 g/mol. The van der Waals surface area contributed by atoms with E-state index in [1.807, 2.05) is 33.3 Å². The Hall–Kier alpha value is -3.66. The van der Waals surface area contributed by atoms with Gasteiger partial charge in [-0.2, -0.15) is 5.10 Å². The predicted octanol–water partition coefficient (Wildman–Crippen LogP) is 5.39. The van der Waals surface area contributed by atoms with Crippen molar-refractivity contribution in [3.63, 3.8) is 0 Å². The largest absolute Gasteiger partial charge is 0.482 e. The summed E-state index contributed by atoms with van der Waals surface area (Å²) in [6.45, 7) is 8.82. The van der Waals surface area contributed by atoms with Crippen LogP contribution >= 0.6 is 15.9 Å². The standard InChI is InChI=1S/C25H26BrFN6O2/c1-6-33-13-21(25(31-33)34-5)14(2)20-12-32(4)30-23(20)18-8-7-17(27)10-19(18)15(3)35-22-9-16(26)11-29-24(22)28/h7-13,15H,2,6H2,1,3-5H3,(H2,28,29)/t15-/m1/s1. The fraction of sp³-hybridized carbons (Fsp3) is 0.240. The lowest BCUT2D eigenvalue weighted by Gasteiger charge is -2.19. The first-order valence-corrected chi connectivity index (χ1v) is 11.7. The zero-order valence-corrected chi connectivity index (χ0v) is 21.5. The molecule has 0 radical (unpaired) electrons. The summed E-state index contributed by atoms with van der Waals surface area (Å²) in [5.74, 6) is 0.719. The van der Waals surface area contributed by atoms with Gasteiger partial charge in [0.05, 0.1) is 12.7 Å². The Morgan fingerprint density at radius 1 is 1.23 bits per heavy atom. The molecule has 0 saturated heterocycles. The van der Waals surface area contributed by atoms with Crippen LogP contribution in [0.3, 0.4) is 0 Å². The van der Waals surface area contributed by atoms with Gasteiger partial charge in [-0.3, -0.25) is 9.36 Å². The van der Waals surface area contributed by atoms with E-state index in [0.29, 0.717) is 40.6 Å². The van der Waals surface area contributed by atoms with Crippen molar-refractivity contribution in [1.82, 2.24) is 24.5 Å². The van der Waals surface area contributed by atoms with Crippen molar-refractivity contribution in [3.05, 3.63) is 76.4 Å². The van der Waals surface area contributed by atoms with E-state index in [2.05, 4.69) is 37.7 Å². The van der Waals surface area contributed by atoms with Crippen molar-refractivity contribution in [3.8, 4) is 22.9 Å². The van der Waals surface area contributed by atoms with Gasteiger partial charge in [0.1, 0.15) is 17.6 Å². The molecule has 0 bridgehead atoms. The molecule has 3 aromatic heterocycles. The Morgan fingerprint density at radius 3 is 2.71 bits per heavy atom. The molecular weight excluding hydrogens is 515 g/mol. The van der Waals surface area contributed by atoms with Gasteiger partial charge in [-0.05, 0) is 59.6 Å². The second-order valence-electron chi connectivity index (χ2n) is 7.98. The molecule has 0 amide bonds. The van der Waals surface area contributed by atoms with E-state index in [0.717, 1.165) is 15.6 Å². The summed E-state index contributed by atoms with van der Waals surface area (Å²) in [5, 5.41) is 9.12. The van der Waals surface area contributed by atoms with Gasteiger partial charge in [0.15, 0.2) is 11.6 Å². The summed E-state index contributed by atoms with van der Waals surface area (Å²) in [7, 11) is 3.40. The maximum absolute atomic E-state index is 14.4. The van der Waals surface area contributed by atoms with Crippen LogP contribution < -0.4 is 15.2 Å². The maximum atomic E-state index is 14.4. The number of pyridine rings is 1. The summed E-state index contributed by atoms with van der Waals surface area (Å²) in [6, 6.07) is 6.26. The van der Waals surface area contributed by atoms with Crippen molar-refractivity contribution >= 4 is 27.3 Å². The molecule has 0 aliphatic carbocycles. The zero-order valence-electron chi connectivity index (χ0n) is 19.9. The molecule has 8 nitrogen and oxygen atoms in total. The number of hydrogen-bond acceptors (Lipinski definition) is 6. The van der Waals surface area contributed by atoms with Crippen LogP contribution in [0.2, 0.25) is 0 Å². The predicted molar refractivity (Wildman–Crippen MR) is 137 cm³/mol. The normalized spacial score (nSPS) is 11.9. The fourth-order valence-electron chi connectivity index (χ4n) is 3.84. The highest BCUT2D eigenvalue weighted by Gasteiger charge is 2.24. The first-order valence-electron chi connectivity index (χ1n) is 10.9. The molecule has 0 fully saturated rings. The average Bonchev–Trinajstić information content (AvgIpc) is 3.44. The molecule has 182 valence electrons. The molecule has 35 heavy (non-hydrogen) atoms. The Kier molecular flexibility index (Phi) is 6.93. The first kappa shape index (κ1) is 24.5. The van der Waals surface area contributed by atoms with Crippen molar-refractivity contribution in [2.24, 2.45) is 7.05 Å². The molecule has 3 heterocycles. The summed E-state index contributed by atoms with van der Waals surface area (Å²) >= 11 is 3.38. The zero-order chi connectivity index (χ0) is 25.3. The molecule has 4 aromatic rings. The number of anilines is 1. The van der Waals surface area contributed by atoms with Crippen molar-refractivity contribution in [2.75, 3.05) is 12.8 Å². The average molecular weight is 541 g/mol. The van der Waals surface area contributed by atoms with Crippen molar-refractivity contribution in [2.45, 2.75) is 26.5 Å². The van der Waals surface area contributed by atoms with Gasteiger partial charge in [0.25, 0.3) is 0 Å². The van der Waals surface area contributed by atoms with Gasteiger partial charge in [-0.1, -0.05) is 6.58 Å². The molecule has 0 unspecified atom stereocenters. The lowest BCUT2D eigenvalue weighted by molar-refractivity contribution is 0.227. The number of aryl methyl sites for hydroxylation is 2. The fourth-order valence-corrected chi connectivity index (χ4v) is 4.15. The molecule has 0 saturated carbocycles. The van der Waals surface area contributed by atoms with Crippen LogP contribution in [0.1, 0.15) is 36.6 Å². The van der Waals surface area contributed by atoms with Crippen LogP contribution in [0.15, 0.2) is 53.9 Å². The molecule has 2 N–H and O–H groups in total. The van der Waals surface area contributed by atoms with E-state index >= 15 is 0 Å². The molecule has 1 atom stereocenters. The Balaban J connectivity index is 1.79. The minimum Gasteiger partial charge on any atom is -0.482 e. The Labute approximate surface area is 211 Å². The number of aromatic nitrogens is 5. The topological polar surface area (TPSA) is 93.0 Å². The van der Waals surface area contributed by atoms with Gasteiger partial charge >= 0.3 is 0 Å². The maximum Gasteiger partial charge on any atom is 0.240 e. The molecule has 0 aliphatic heterocycles. The minimum absolute atomic E-state index is 0.241. The van der Waals surface area contributed by atoms with Crippen LogP contribution in [-0.2, 0) is 13.6 Å². The number of hydrogen-bond donors (Lipinski definition) is 1. The number of nitrogens with two attached hydrogens (primary N) is 1. The molecule has 4 rings (SSSR count). The highest BCUT2D eigenvalue weighted by molar-refractivity contribution is 9.10. The second kappa shape index (κ2) is 9.91. The highest BCUT2D eigenvalue weighted by Crippen LogP contribution is 2.38. The van der Waals surface area contributed by atoms with E-state index in [-0.39, 0.29) is 11.6 Å². The van der Waals surface area contributed by atoms with E-state index in [9.17, 15) is 4.39 Å². The third-order valence-corrected chi connectivity index (χ3v) is 6.02. The van der Waals surface area contributed by atoms with E-state index in [1.165, 1.54) is 12.1 Å². The second-order valence-corrected chi connectivity index (χ2v) is 8.90. The Bertz CT molecular complexity index is 1400. The molecule has 1 aromatic carbocycles. The van der Waals surface area contributed by atoms with E-state index in [4.69, 9.17) is 15.2 Å². The lowest BCUT2D eigenvalue weighted by Crippen LogP contribution is -2.08. The van der Waals surface area contributed by atoms with Gasteiger partial charge in [-0.25, -0.2) is 9.37 Å². The molecular formula is C25H26BrFN6O2. The SMILES string of the molecule is C=C(c1cn(CC)nc1OC)c1cn(C)nc1-c1ccc(F)cc1[C@@H](C)Oc1cc(Br)cnc1N. The van der Waals surface area contributed by atoms with E-state index < -0.39 is 6.10 Å². The Morgan fingerprint density at radius 2 is 2.00 bits per heavy atom. The van der Waals surface area contributed by atoms with Crippen LogP contribution in [0, 0.1) is 5.82 Å². The van der Waals surface area contributed by atoms with Gasteiger partial charge in [0, 0.05) is 53.3 Å². The van der Waals surface area contributed by atoms with Crippen molar-refractivity contribution < 1.29 is 13.9 Å². The minimum atomic E-state index is -0.556. The lowest BCUT2D eigenvalue weighted by atomic mass is 9.94. The number of nitrogen functional groups attached to an aromatic ring is 1. The number of methoxy groups -OCH3 is 1. The molecule has 10 heteroatoms.